The lowest BCUT2D eigenvalue weighted by Crippen LogP contribution is -2.43. The molecule has 0 saturated carbocycles. The molecule has 3 aromatic rings. The molecule has 13 nitrogen and oxygen atoms in total. The lowest BCUT2D eigenvalue weighted by Gasteiger charge is -2.19. The minimum Gasteiger partial charge on any atom is -0.387 e. The van der Waals surface area contributed by atoms with E-state index in [1.807, 2.05) is 0 Å². The average Bonchev–Trinajstić information content (AvgIpc) is 3.18. The maximum Gasteiger partial charge on any atom is 0.418 e. The summed E-state index contributed by atoms with van der Waals surface area (Å²) in [7, 11) is -5.67. The van der Waals surface area contributed by atoms with E-state index in [-0.39, 0.29) is 16.8 Å². The van der Waals surface area contributed by atoms with Crippen molar-refractivity contribution in [2.45, 2.75) is 37.3 Å². The standard InChI is InChI=1S/C22H22F3N3O10P2/c23-22(24,25)15-9-26-13(8-14(15)12-4-2-1-3-5-12)10-28-17(29)6-7-27(21(28)32)20-19(31)18(30)16(37-20)11-36-40(35)38-39(33)34/h1-9,16,18-20,30-31,33-35H,10-11H2. The van der Waals surface area contributed by atoms with Gasteiger partial charge in [0.15, 0.2) is 6.23 Å². The molecule has 40 heavy (non-hydrogen) atoms. The largest absolute Gasteiger partial charge is 0.418 e. The van der Waals surface area contributed by atoms with E-state index in [0.29, 0.717) is 10.8 Å². The second-order valence-corrected chi connectivity index (χ2v) is 10.3. The van der Waals surface area contributed by atoms with Crippen molar-refractivity contribution in [3.63, 3.8) is 0 Å². The number of alkyl halides is 3. The van der Waals surface area contributed by atoms with Gasteiger partial charge < -0.3 is 34.2 Å². The lowest BCUT2D eigenvalue weighted by atomic mass is 10.0. The van der Waals surface area contributed by atoms with Crippen molar-refractivity contribution in [1.29, 1.82) is 0 Å². The molecule has 1 aromatic carbocycles. The normalized spacial score (nSPS) is 22.1. The van der Waals surface area contributed by atoms with Gasteiger partial charge in [0.2, 0.25) is 0 Å². The Morgan fingerprint density at radius 2 is 1.75 bits per heavy atom. The van der Waals surface area contributed by atoms with Crippen LogP contribution >= 0.6 is 17.2 Å². The molecule has 0 radical (unpaired) electrons. The number of rotatable bonds is 9. The highest BCUT2D eigenvalue weighted by molar-refractivity contribution is 7.54. The van der Waals surface area contributed by atoms with Gasteiger partial charge in [0, 0.05) is 18.5 Å². The molecule has 1 fully saturated rings. The van der Waals surface area contributed by atoms with Crippen LogP contribution in [0.3, 0.4) is 0 Å². The van der Waals surface area contributed by atoms with E-state index in [1.54, 1.807) is 18.2 Å². The Hall–Kier alpha value is -2.62. The molecule has 0 aliphatic carbocycles. The van der Waals surface area contributed by atoms with Crippen LogP contribution in [-0.4, -0.2) is 63.9 Å². The molecule has 1 saturated heterocycles. The fraction of sp³-hybridized carbons (Fsp3) is 0.318. The second-order valence-electron chi connectivity index (χ2n) is 8.43. The Morgan fingerprint density at radius 3 is 2.40 bits per heavy atom. The van der Waals surface area contributed by atoms with Gasteiger partial charge in [-0.15, -0.1) is 0 Å². The van der Waals surface area contributed by atoms with Gasteiger partial charge in [-0.1, -0.05) is 30.3 Å². The summed E-state index contributed by atoms with van der Waals surface area (Å²) >= 11 is 0. The first-order valence-electron chi connectivity index (χ1n) is 11.3. The van der Waals surface area contributed by atoms with E-state index in [9.17, 15) is 37.9 Å². The van der Waals surface area contributed by atoms with Crippen molar-refractivity contribution < 1.29 is 51.6 Å². The number of pyridine rings is 1. The van der Waals surface area contributed by atoms with Crippen LogP contribution in [0.4, 0.5) is 13.2 Å². The number of halogens is 3. The minimum atomic E-state index is -4.72. The zero-order valence-electron chi connectivity index (χ0n) is 20.1. The van der Waals surface area contributed by atoms with Gasteiger partial charge in [-0.2, -0.15) is 13.2 Å². The monoisotopic (exact) mass is 607 g/mol. The summed E-state index contributed by atoms with van der Waals surface area (Å²) in [6.45, 7) is -1.10. The summed E-state index contributed by atoms with van der Waals surface area (Å²) in [6.07, 6.45) is -9.26. The quantitative estimate of drug-likeness (QED) is 0.220. The highest BCUT2D eigenvalue weighted by atomic mass is 31.2. The van der Waals surface area contributed by atoms with Gasteiger partial charge in [0.05, 0.1) is 24.4 Å². The van der Waals surface area contributed by atoms with Gasteiger partial charge in [0.1, 0.15) is 18.3 Å². The third-order valence-corrected chi connectivity index (χ3v) is 7.38. The van der Waals surface area contributed by atoms with Crippen LogP contribution in [0.25, 0.3) is 11.1 Å². The number of aromatic nitrogens is 3. The Bertz CT molecular complexity index is 1440. The van der Waals surface area contributed by atoms with E-state index in [0.717, 1.165) is 22.9 Å². The van der Waals surface area contributed by atoms with Crippen molar-refractivity contribution >= 4 is 17.2 Å². The molecular weight excluding hydrogens is 585 g/mol. The summed E-state index contributed by atoms with van der Waals surface area (Å²) in [5.74, 6) is 0. The molecule has 1 aliphatic rings. The van der Waals surface area contributed by atoms with Crippen molar-refractivity contribution in [1.82, 2.24) is 14.1 Å². The Labute approximate surface area is 225 Å². The Morgan fingerprint density at radius 1 is 1.05 bits per heavy atom. The first-order chi connectivity index (χ1) is 18.9. The minimum absolute atomic E-state index is 0.0352. The van der Waals surface area contributed by atoms with E-state index in [4.69, 9.17) is 19.0 Å². The van der Waals surface area contributed by atoms with Crippen LogP contribution in [0.15, 0.2) is 64.4 Å². The first-order valence-corrected chi connectivity index (χ1v) is 13.6. The molecule has 216 valence electrons. The fourth-order valence-electron chi connectivity index (χ4n) is 4.02. The predicted octanol–water partition coefficient (Wildman–Crippen LogP) is 1.22. The SMILES string of the molecule is O=c1ccn(C2OC(COP(O)OP(O)O)C(O)C2O)c(=O)n1Cc1cc(-c2ccccc2)c(C(F)(F)F)cn1. The summed E-state index contributed by atoms with van der Waals surface area (Å²) in [5, 5.41) is 20.8. The zero-order chi connectivity index (χ0) is 29.2. The van der Waals surface area contributed by atoms with E-state index < -0.39 is 77.9 Å². The van der Waals surface area contributed by atoms with Crippen LogP contribution < -0.4 is 11.2 Å². The third kappa shape index (κ3) is 6.81. The fourth-order valence-corrected chi connectivity index (χ4v) is 4.98. The number of hydrogen-bond donors (Lipinski definition) is 5. The molecule has 5 N–H and O–H groups in total. The number of aliphatic hydroxyl groups excluding tert-OH is 2. The molecule has 0 bridgehead atoms. The predicted molar refractivity (Wildman–Crippen MR) is 132 cm³/mol. The maximum absolute atomic E-state index is 13.6. The van der Waals surface area contributed by atoms with E-state index in [2.05, 4.69) is 9.29 Å². The molecular formula is C22H22F3N3O10P2. The molecule has 4 rings (SSSR count). The van der Waals surface area contributed by atoms with Crippen LogP contribution in [0.2, 0.25) is 0 Å². The van der Waals surface area contributed by atoms with Gasteiger partial charge >= 0.3 is 29.1 Å². The molecule has 18 heteroatoms. The van der Waals surface area contributed by atoms with E-state index in [1.165, 1.54) is 12.1 Å². The summed E-state index contributed by atoms with van der Waals surface area (Å²) in [4.78, 5) is 56.5. The molecule has 2 aromatic heterocycles. The highest BCUT2D eigenvalue weighted by Crippen LogP contribution is 2.46. The summed E-state index contributed by atoms with van der Waals surface area (Å²) in [5.41, 5.74) is -2.83. The van der Waals surface area contributed by atoms with Crippen molar-refractivity contribution in [2.75, 3.05) is 6.61 Å². The highest BCUT2D eigenvalue weighted by Gasteiger charge is 2.45. The molecule has 3 heterocycles. The third-order valence-electron chi connectivity index (χ3n) is 5.87. The number of hydrogen-bond acceptors (Lipinski definition) is 11. The van der Waals surface area contributed by atoms with Crippen molar-refractivity contribution in [2.24, 2.45) is 0 Å². The lowest BCUT2D eigenvalue weighted by molar-refractivity contribution is -0.137. The Balaban J connectivity index is 1.61. The van der Waals surface area contributed by atoms with Gasteiger partial charge in [-0.3, -0.25) is 18.9 Å². The molecule has 0 amide bonds. The number of ether oxygens (including phenoxy) is 1. The maximum atomic E-state index is 13.6. The first kappa shape index (κ1) is 30.3. The van der Waals surface area contributed by atoms with Crippen LogP contribution in [0, 0.1) is 0 Å². The van der Waals surface area contributed by atoms with Gasteiger partial charge in [-0.05, 0) is 17.2 Å². The molecule has 1 aliphatic heterocycles. The van der Waals surface area contributed by atoms with Crippen molar-refractivity contribution in [3.05, 3.63) is 87.0 Å². The second kappa shape index (κ2) is 12.5. The van der Waals surface area contributed by atoms with Crippen LogP contribution in [-0.2, 0) is 26.3 Å². The van der Waals surface area contributed by atoms with E-state index >= 15 is 0 Å². The van der Waals surface area contributed by atoms with Crippen LogP contribution in [0.5, 0.6) is 0 Å². The molecule has 5 unspecified atom stereocenters. The average molecular weight is 607 g/mol. The molecule has 0 spiro atoms. The van der Waals surface area contributed by atoms with Crippen LogP contribution in [0.1, 0.15) is 17.5 Å². The smallest absolute Gasteiger partial charge is 0.387 e. The number of aliphatic hydroxyl groups is 2. The van der Waals surface area contributed by atoms with Crippen molar-refractivity contribution in [3.8, 4) is 11.1 Å². The topological polar surface area (TPSA) is 186 Å². The Kier molecular flexibility index (Phi) is 9.47. The number of benzene rings is 1. The zero-order valence-corrected chi connectivity index (χ0v) is 21.9. The van der Waals surface area contributed by atoms with Gasteiger partial charge in [0.25, 0.3) is 5.56 Å². The van der Waals surface area contributed by atoms with Gasteiger partial charge in [-0.25, -0.2) is 9.11 Å². The number of nitrogens with zero attached hydrogens (tertiary/aromatic N) is 3. The molecule has 5 atom stereocenters. The summed E-state index contributed by atoms with van der Waals surface area (Å²) < 4.78 is 57.0. The summed E-state index contributed by atoms with van der Waals surface area (Å²) in [6, 6.07) is 9.77.